The molecule has 2 aliphatic rings. The van der Waals surface area contributed by atoms with E-state index in [0.717, 1.165) is 64.0 Å². The molecule has 0 saturated carbocycles. The van der Waals surface area contributed by atoms with Gasteiger partial charge in [0.25, 0.3) is 0 Å². The first-order valence-corrected chi connectivity index (χ1v) is 11.0. The van der Waals surface area contributed by atoms with Crippen LogP contribution in [0.2, 0.25) is 0 Å². The second-order valence-electron chi connectivity index (χ2n) is 8.67. The summed E-state index contributed by atoms with van der Waals surface area (Å²) in [5, 5.41) is 13.4. The minimum atomic E-state index is -4.36. The summed E-state index contributed by atoms with van der Waals surface area (Å²) in [4.78, 5) is 9.20. The predicted octanol–water partition coefficient (Wildman–Crippen LogP) is 3.35. The van der Waals surface area contributed by atoms with Gasteiger partial charge in [0.05, 0.1) is 12.1 Å². The van der Waals surface area contributed by atoms with Crippen LogP contribution in [0.25, 0.3) is 0 Å². The minimum Gasteiger partial charge on any atom is -0.396 e. The summed E-state index contributed by atoms with van der Waals surface area (Å²) >= 11 is 0. The maximum Gasteiger partial charge on any atom is 0.416 e. The van der Waals surface area contributed by atoms with Crippen LogP contribution in [0.5, 0.6) is 0 Å². The molecule has 1 aromatic heterocycles. The fourth-order valence-corrected chi connectivity index (χ4v) is 4.68. The number of likely N-dealkylation sites (tertiary alicyclic amines) is 2. The van der Waals surface area contributed by atoms with Crippen LogP contribution in [0.1, 0.15) is 48.5 Å². The van der Waals surface area contributed by atoms with Crippen molar-refractivity contribution in [3.8, 4) is 0 Å². The van der Waals surface area contributed by atoms with Crippen molar-refractivity contribution < 1.29 is 22.8 Å². The third-order valence-electron chi connectivity index (χ3n) is 6.37. The molecule has 4 rings (SSSR count). The molecule has 1 unspecified atom stereocenters. The van der Waals surface area contributed by atoms with E-state index in [1.807, 2.05) is 0 Å². The van der Waals surface area contributed by atoms with Crippen LogP contribution in [-0.4, -0.2) is 63.9 Å². The van der Waals surface area contributed by atoms with E-state index < -0.39 is 11.7 Å². The summed E-state index contributed by atoms with van der Waals surface area (Å²) in [6.07, 6.45) is 0.259. The van der Waals surface area contributed by atoms with Gasteiger partial charge in [-0.25, -0.2) is 0 Å². The van der Waals surface area contributed by atoms with Crippen LogP contribution < -0.4 is 0 Å². The van der Waals surface area contributed by atoms with E-state index >= 15 is 0 Å². The maximum absolute atomic E-state index is 12.9. The first-order chi connectivity index (χ1) is 14.9. The van der Waals surface area contributed by atoms with Crippen LogP contribution in [-0.2, 0) is 19.1 Å². The molecule has 2 aliphatic heterocycles. The van der Waals surface area contributed by atoms with Gasteiger partial charge in [-0.2, -0.15) is 18.2 Å². The summed E-state index contributed by atoms with van der Waals surface area (Å²) in [7, 11) is 0. The first kappa shape index (κ1) is 22.2. The largest absolute Gasteiger partial charge is 0.416 e. The highest BCUT2D eigenvalue weighted by Gasteiger charge is 2.31. The number of aliphatic hydroxyl groups excluding tert-OH is 1. The van der Waals surface area contributed by atoms with Crippen LogP contribution in [0.3, 0.4) is 0 Å². The lowest BCUT2D eigenvalue weighted by molar-refractivity contribution is -0.137. The molecular formula is C22H29F3N4O2. The maximum atomic E-state index is 12.9. The molecule has 2 fully saturated rings. The van der Waals surface area contributed by atoms with Crippen molar-refractivity contribution in [3.05, 3.63) is 47.1 Å². The van der Waals surface area contributed by atoms with Crippen molar-refractivity contribution in [2.45, 2.75) is 50.9 Å². The van der Waals surface area contributed by atoms with Gasteiger partial charge in [-0.05, 0) is 49.8 Å². The van der Waals surface area contributed by atoms with Crippen molar-refractivity contribution in [2.24, 2.45) is 5.92 Å². The predicted molar refractivity (Wildman–Crippen MR) is 108 cm³/mol. The van der Waals surface area contributed by atoms with Crippen LogP contribution in [0.15, 0.2) is 28.8 Å². The van der Waals surface area contributed by atoms with E-state index in [0.29, 0.717) is 35.8 Å². The quantitative estimate of drug-likeness (QED) is 0.746. The molecule has 1 atom stereocenters. The molecule has 1 N–H and O–H groups in total. The lowest BCUT2D eigenvalue weighted by Crippen LogP contribution is -2.48. The Hall–Kier alpha value is -1.97. The lowest BCUT2D eigenvalue weighted by atomic mass is 9.94. The Morgan fingerprint density at radius 2 is 1.94 bits per heavy atom. The molecule has 2 aromatic rings. The first-order valence-electron chi connectivity index (χ1n) is 11.0. The van der Waals surface area contributed by atoms with E-state index in [-0.39, 0.29) is 13.0 Å². The number of halogens is 3. The van der Waals surface area contributed by atoms with E-state index in [1.165, 1.54) is 6.07 Å². The molecule has 0 aliphatic carbocycles. The van der Waals surface area contributed by atoms with Gasteiger partial charge in [0.1, 0.15) is 0 Å². The third-order valence-corrected chi connectivity index (χ3v) is 6.37. The molecule has 6 nitrogen and oxygen atoms in total. The summed E-state index contributed by atoms with van der Waals surface area (Å²) in [6, 6.07) is 5.78. The normalized spacial score (nSPS) is 22.1. The van der Waals surface area contributed by atoms with E-state index in [1.54, 1.807) is 6.07 Å². The van der Waals surface area contributed by atoms with Gasteiger partial charge >= 0.3 is 6.18 Å². The summed E-state index contributed by atoms with van der Waals surface area (Å²) in [5.74, 6) is 1.30. The molecule has 0 bridgehead atoms. The Bertz CT molecular complexity index is 849. The molecule has 0 amide bonds. The number of aromatic nitrogens is 2. The van der Waals surface area contributed by atoms with Gasteiger partial charge < -0.3 is 9.63 Å². The van der Waals surface area contributed by atoms with Crippen molar-refractivity contribution in [1.29, 1.82) is 0 Å². The van der Waals surface area contributed by atoms with E-state index in [4.69, 9.17) is 4.52 Å². The van der Waals surface area contributed by atoms with Crippen molar-refractivity contribution in [1.82, 2.24) is 19.9 Å². The smallest absolute Gasteiger partial charge is 0.396 e. The molecule has 2 saturated heterocycles. The minimum absolute atomic E-state index is 0.205. The average Bonchev–Trinajstić information content (AvgIpc) is 3.20. The van der Waals surface area contributed by atoms with Gasteiger partial charge in [0, 0.05) is 38.7 Å². The number of rotatable bonds is 6. The van der Waals surface area contributed by atoms with E-state index in [9.17, 15) is 18.3 Å². The molecule has 170 valence electrons. The fraction of sp³-hybridized carbons (Fsp3) is 0.636. The second kappa shape index (κ2) is 9.67. The van der Waals surface area contributed by atoms with Gasteiger partial charge in [-0.3, -0.25) is 9.80 Å². The molecule has 0 radical (unpaired) electrons. The molecule has 1 aromatic carbocycles. The van der Waals surface area contributed by atoms with Gasteiger partial charge in [-0.1, -0.05) is 23.4 Å². The van der Waals surface area contributed by atoms with E-state index in [2.05, 4.69) is 19.9 Å². The van der Waals surface area contributed by atoms with Crippen molar-refractivity contribution in [3.63, 3.8) is 0 Å². The number of benzene rings is 1. The topological polar surface area (TPSA) is 65.6 Å². The Balaban J connectivity index is 1.27. The highest BCUT2D eigenvalue weighted by Crippen LogP contribution is 2.30. The zero-order chi connectivity index (χ0) is 21.8. The van der Waals surface area contributed by atoms with Gasteiger partial charge in [-0.15, -0.1) is 0 Å². The monoisotopic (exact) mass is 438 g/mol. The Morgan fingerprint density at radius 3 is 2.68 bits per heavy atom. The Morgan fingerprint density at radius 1 is 1.13 bits per heavy atom. The number of alkyl halides is 3. The van der Waals surface area contributed by atoms with Crippen LogP contribution in [0.4, 0.5) is 13.2 Å². The molecule has 9 heteroatoms. The fourth-order valence-electron chi connectivity index (χ4n) is 4.68. The number of nitrogens with zero attached hydrogens (tertiary/aromatic N) is 4. The van der Waals surface area contributed by atoms with Gasteiger partial charge in [0.15, 0.2) is 5.82 Å². The number of aliphatic hydroxyl groups is 1. The molecule has 31 heavy (non-hydrogen) atoms. The number of hydrogen-bond donors (Lipinski definition) is 1. The zero-order valence-corrected chi connectivity index (χ0v) is 17.5. The second-order valence-corrected chi connectivity index (χ2v) is 8.67. The van der Waals surface area contributed by atoms with Crippen molar-refractivity contribution >= 4 is 0 Å². The SMILES string of the molecule is OCC1CCCN(C2CCN(Cc3nc(Cc4cccc(C(F)(F)F)c4)no3)CC2)C1. The molecule has 0 spiro atoms. The van der Waals surface area contributed by atoms with Crippen LogP contribution >= 0.6 is 0 Å². The standard InChI is InChI=1S/C22H29F3N4O2/c23-22(24,25)18-5-1-3-16(11-18)12-20-26-21(31-27-20)14-28-9-6-19(7-10-28)29-8-2-4-17(13-29)15-30/h1,3,5,11,17,19,30H,2,4,6-10,12-15H2. The number of piperidine rings is 2. The van der Waals surface area contributed by atoms with Crippen LogP contribution in [0, 0.1) is 5.92 Å². The summed E-state index contributed by atoms with van der Waals surface area (Å²) < 4.78 is 44.0. The Kier molecular flexibility index (Phi) is 6.93. The van der Waals surface area contributed by atoms with Gasteiger partial charge in [0.2, 0.25) is 5.89 Å². The summed E-state index contributed by atoms with van der Waals surface area (Å²) in [5.41, 5.74) is -0.165. The molecule has 3 heterocycles. The number of hydrogen-bond acceptors (Lipinski definition) is 6. The zero-order valence-electron chi connectivity index (χ0n) is 17.5. The summed E-state index contributed by atoms with van der Waals surface area (Å²) in [6.45, 7) is 4.82. The van der Waals surface area contributed by atoms with Crippen molar-refractivity contribution in [2.75, 3.05) is 32.8 Å². The Labute approximate surface area is 180 Å². The molecular weight excluding hydrogens is 409 g/mol. The highest BCUT2D eigenvalue weighted by molar-refractivity contribution is 5.27. The average molecular weight is 438 g/mol. The third kappa shape index (κ3) is 5.84. The highest BCUT2D eigenvalue weighted by atomic mass is 19.4. The lowest BCUT2D eigenvalue weighted by Gasteiger charge is -2.41.